The SMILES string of the molecule is CCN(C(C)=O)c1nc(CN2CC(C)NC(=O)c3ccccc32)cs1. The third-order valence-corrected chi connectivity index (χ3v) is 5.09. The summed E-state index contributed by atoms with van der Waals surface area (Å²) in [7, 11) is 0. The fourth-order valence-corrected chi connectivity index (χ4v) is 3.97. The third-order valence-electron chi connectivity index (χ3n) is 4.18. The van der Waals surface area contributed by atoms with Crippen LogP contribution in [0.25, 0.3) is 0 Å². The van der Waals surface area contributed by atoms with Crippen LogP contribution >= 0.6 is 11.3 Å². The average molecular weight is 358 g/mol. The molecule has 1 N–H and O–H groups in total. The summed E-state index contributed by atoms with van der Waals surface area (Å²) in [6.45, 7) is 7.39. The topological polar surface area (TPSA) is 65.5 Å². The number of para-hydroxylation sites is 1. The zero-order chi connectivity index (χ0) is 18.0. The molecule has 1 aliphatic heterocycles. The van der Waals surface area contributed by atoms with Gasteiger partial charge in [0.05, 0.1) is 17.8 Å². The first-order valence-corrected chi connectivity index (χ1v) is 9.25. The Morgan fingerprint density at radius 2 is 2.20 bits per heavy atom. The molecule has 2 amide bonds. The Morgan fingerprint density at radius 3 is 2.92 bits per heavy atom. The van der Waals surface area contributed by atoms with Crippen molar-refractivity contribution < 1.29 is 9.59 Å². The molecule has 6 nitrogen and oxygen atoms in total. The lowest BCUT2D eigenvalue weighted by molar-refractivity contribution is -0.116. The molecule has 7 heteroatoms. The number of nitrogens with one attached hydrogen (secondary N) is 1. The highest BCUT2D eigenvalue weighted by Crippen LogP contribution is 2.27. The van der Waals surface area contributed by atoms with Gasteiger partial charge < -0.3 is 10.2 Å². The molecule has 0 bridgehead atoms. The van der Waals surface area contributed by atoms with Crippen molar-refractivity contribution in [1.29, 1.82) is 0 Å². The lowest BCUT2D eigenvalue weighted by Crippen LogP contribution is -2.38. The Morgan fingerprint density at radius 1 is 1.44 bits per heavy atom. The maximum Gasteiger partial charge on any atom is 0.253 e. The lowest BCUT2D eigenvalue weighted by Gasteiger charge is -2.25. The summed E-state index contributed by atoms with van der Waals surface area (Å²) in [6, 6.07) is 7.67. The molecule has 2 aromatic rings. The number of hydrogen-bond acceptors (Lipinski definition) is 5. The van der Waals surface area contributed by atoms with E-state index in [1.807, 2.05) is 43.5 Å². The highest BCUT2D eigenvalue weighted by atomic mass is 32.1. The van der Waals surface area contributed by atoms with E-state index in [2.05, 4.69) is 15.2 Å². The van der Waals surface area contributed by atoms with Crippen molar-refractivity contribution in [1.82, 2.24) is 10.3 Å². The molecule has 0 aliphatic carbocycles. The second-order valence-electron chi connectivity index (χ2n) is 6.16. The zero-order valence-corrected chi connectivity index (χ0v) is 15.5. The number of nitrogens with zero attached hydrogens (tertiary/aromatic N) is 3. The van der Waals surface area contributed by atoms with Gasteiger partial charge in [-0.25, -0.2) is 4.98 Å². The molecule has 0 saturated carbocycles. The molecule has 1 aromatic carbocycles. The highest BCUT2D eigenvalue weighted by molar-refractivity contribution is 7.14. The van der Waals surface area contributed by atoms with Crippen LogP contribution in [0.5, 0.6) is 0 Å². The molecule has 1 aliphatic rings. The number of carbonyl (C=O) groups excluding carboxylic acids is 2. The van der Waals surface area contributed by atoms with Crippen LogP contribution in [0.15, 0.2) is 29.6 Å². The molecular formula is C18H22N4O2S. The minimum absolute atomic E-state index is 0.00747. The van der Waals surface area contributed by atoms with Crippen LogP contribution in [-0.4, -0.2) is 35.9 Å². The van der Waals surface area contributed by atoms with E-state index in [1.165, 1.54) is 11.3 Å². The number of aromatic nitrogens is 1. The molecule has 1 atom stereocenters. The van der Waals surface area contributed by atoms with Gasteiger partial charge in [0.15, 0.2) is 5.13 Å². The van der Waals surface area contributed by atoms with E-state index in [4.69, 9.17) is 0 Å². The Labute approximate surface area is 151 Å². The Kier molecular flexibility index (Phi) is 5.03. The summed E-state index contributed by atoms with van der Waals surface area (Å²) in [5, 5.41) is 5.71. The molecule has 0 fully saturated rings. The quantitative estimate of drug-likeness (QED) is 0.912. The number of anilines is 2. The fraction of sp³-hybridized carbons (Fsp3) is 0.389. The summed E-state index contributed by atoms with van der Waals surface area (Å²) in [6.07, 6.45) is 0. The van der Waals surface area contributed by atoms with E-state index in [1.54, 1.807) is 11.8 Å². The lowest BCUT2D eigenvalue weighted by atomic mass is 10.1. The third kappa shape index (κ3) is 3.66. The second kappa shape index (κ2) is 7.23. The molecule has 132 valence electrons. The first-order chi connectivity index (χ1) is 12.0. The zero-order valence-electron chi connectivity index (χ0n) is 14.7. The van der Waals surface area contributed by atoms with Gasteiger partial charge in [-0.3, -0.25) is 14.5 Å². The van der Waals surface area contributed by atoms with Crippen LogP contribution in [0.1, 0.15) is 36.8 Å². The summed E-state index contributed by atoms with van der Waals surface area (Å²) < 4.78 is 0. The van der Waals surface area contributed by atoms with Gasteiger partial charge >= 0.3 is 0 Å². The predicted molar refractivity (Wildman–Crippen MR) is 100 cm³/mol. The van der Waals surface area contributed by atoms with Crippen LogP contribution in [0.4, 0.5) is 10.8 Å². The number of hydrogen-bond donors (Lipinski definition) is 1. The number of amides is 2. The van der Waals surface area contributed by atoms with Gasteiger partial charge in [0.1, 0.15) is 0 Å². The van der Waals surface area contributed by atoms with Crippen molar-refractivity contribution in [3.8, 4) is 0 Å². The molecule has 3 rings (SSSR count). The first kappa shape index (κ1) is 17.4. The molecular weight excluding hydrogens is 336 g/mol. The van der Waals surface area contributed by atoms with E-state index < -0.39 is 0 Å². The molecule has 0 saturated heterocycles. The monoisotopic (exact) mass is 358 g/mol. The van der Waals surface area contributed by atoms with E-state index in [-0.39, 0.29) is 17.9 Å². The minimum Gasteiger partial charge on any atom is -0.363 e. The minimum atomic E-state index is -0.0432. The number of fused-ring (bicyclic) bond motifs is 1. The molecule has 1 aromatic heterocycles. The Hall–Kier alpha value is -2.41. The van der Waals surface area contributed by atoms with E-state index >= 15 is 0 Å². The molecule has 0 radical (unpaired) electrons. The number of carbonyl (C=O) groups is 2. The predicted octanol–water partition coefficient (Wildman–Crippen LogP) is 2.65. The van der Waals surface area contributed by atoms with Crippen LogP contribution in [-0.2, 0) is 11.3 Å². The maximum absolute atomic E-state index is 12.3. The van der Waals surface area contributed by atoms with Crippen LogP contribution in [0.3, 0.4) is 0 Å². The molecule has 1 unspecified atom stereocenters. The number of thiazole rings is 1. The van der Waals surface area contributed by atoms with Crippen molar-refractivity contribution in [2.45, 2.75) is 33.4 Å². The van der Waals surface area contributed by atoms with Crippen molar-refractivity contribution in [3.05, 3.63) is 40.9 Å². The normalized spacial score (nSPS) is 16.8. The van der Waals surface area contributed by atoms with Crippen molar-refractivity contribution in [2.75, 3.05) is 22.9 Å². The van der Waals surface area contributed by atoms with Crippen LogP contribution in [0.2, 0.25) is 0 Å². The largest absolute Gasteiger partial charge is 0.363 e. The summed E-state index contributed by atoms with van der Waals surface area (Å²) in [4.78, 5) is 32.5. The summed E-state index contributed by atoms with van der Waals surface area (Å²) in [5.41, 5.74) is 2.50. The van der Waals surface area contributed by atoms with Gasteiger partial charge in [-0.15, -0.1) is 11.3 Å². The van der Waals surface area contributed by atoms with Gasteiger partial charge in [-0.05, 0) is 26.0 Å². The number of benzene rings is 1. The van der Waals surface area contributed by atoms with Gasteiger partial charge in [-0.2, -0.15) is 0 Å². The first-order valence-electron chi connectivity index (χ1n) is 8.37. The van der Waals surface area contributed by atoms with Crippen molar-refractivity contribution in [3.63, 3.8) is 0 Å². The van der Waals surface area contributed by atoms with Crippen molar-refractivity contribution in [2.24, 2.45) is 0 Å². The summed E-state index contributed by atoms with van der Waals surface area (Å²) >= 11 is 1.47. The van der Waals surface area contributed by atoms with E-state index in [0.717, 1.165) is 16.5 Å². The van der Waals surface area contributed by atoms with E-state index in [0.29, 0.717) is 25.2 Å². The maximum atomic E-state index is 12.3. The number of rotatable bonds is 4. The summed E-state index contributed by atoms with van der Waals surface area (Å²) in [5.74, 6) is -0.0507. The Balaban J connectivity index is 1.87. The van der Waals surface area contributed by atoms with Gasteiger partial charge in [0.2, 0.25) is 5.91 Å². The standard InChI is InChI=1S/C18H22N4O2S/c1-4-22(13(3)23)18-20-14(11-25-18)10-21-9-12(2)19-17(24)15-7-5-6-8-16(15)21/h5-8,11-12H,4,9-10H2,1-3H3,(H,19,24). The van der Waals surface area contributed by atoms with Gasteiger partial charge in [0.25, 0.3) is 5.91 Å². The van der Waals surface area contributed by atoms with Crippen LogP contribution in [0, 0.1) is 0 Å². The molecule has 0 spiro atoms. The van der Waals surface area contributed by atoms with E-state index in [9.17, 15) is 9.59 Å². The van der Waals surface area contributed by atoms with Gasteiger partial charge in [-0.1, -0.05) is 12.1 Å². The second-order valence-corrected chi connectivity index (χ2v) is 6.99. The average Bonchev–Trinajstić information content (AvgIpc) is 2.98. The van der Waals surface area contributed by atoms with Gasteiger partial charge in [0, 0.05) is 37.1 Å². The molecule has 25 heavy (non-hydrogen) atoms. The smallest absolute Gasteiger partial charge is 0.253 e. The van der Waals surface area contributed by atoms with Crippen molar-refractivity contribution >= 4 is 34.0 Å². The molecule has 2 heterocycles. The fourth-order valence-electron chi connectivity index (χ4n) is 3.05. The highest BCUT2D eigenvalue weighted by Gasteiger charge is 2.24. The van der Waals surface area contributed by atoms with Crippen LogP contribution < -0.4 is 15.1 Å². The Bertz CT molecular complexity index is 789.